The Kier molecular flexibility index (Phi) is 4.93. The van der Waals surface area contributed by atoms with Crippen molar-refractivity contribution in [2.24, 2.45) is 5.92 Å². The van der Waals surface area contributed by atoms with Gasteiger partial charge in [0.15, 0.2) is 0 Å². The molecule has 0 spiro atoms. The van der Waals surface area contributed by atoms with Crippen LogP contribution in [0.25, 0.3) is 0 Å². The van der Waals surface area contributed by atoms with Crippen LogP contribution in [0.15, 0.2) is 22.7 Å². The number of rotatable bonds is 7. The highest BCUT2D eigenvalue weighted by Gasteiger charge is 2.24. The zero-order chi connectivity index (χ0) is 13.8. The summed E-state index contributed by atoms with van der Waals surface area (Å²) in [6.07, 6.45) is 3.78. The first-order valence-electron chi connectivity index (χ1n) is 6.75. The van der Waals surface area contributed by atoms with E-state index in [2.05, 4.69) is 27.8 Å². The molecule has 0 N–H and O–H groups in total. The fourth-order valence-electron chi connectivity index (χ4n) is 2.27. The largest absolute Gasteiger partial charge is 0.299 e. The van der Waals surface area contributed by atoms with E-state index >= 15 is 0 Å². The minimum atomic E-state index is -0.335. The molecule has 0 unspecified atom stereocenters. The second-order valence-corrected chi connectivity index (χ2v) is 6.08. The van der Waals surface area contributed by atoms with E-state index in [0.29, 0.717) is 4.47 Å². The molecule has 0 amide bonds. The highest BCUT2D eigenvalue weighted by atomic mass is 79.9. The Labute approximate surface area is 122 Å². The fraction of sp³-hybridized carbons (Fsp3) is 0.571. The molecule has 1 aromatic carbocycles. The molecule has 0 aliphatic heterocycles. The highest BCUT2D eigenvalue weighted by Crippen LogP contribution is 2.31. The van der Waals surface area contributed by atoms with Crippen LogP contribution < -0.4 is 0 Å². The van der Waals surface area contributed by atoms with Crippen LogP contribution >= 0.6 is 15.9 Å². The third-order valence-electron chi connectivity index (χ3n) is 3.37. The molecule has 1 aliphatic carbocycles. The Balaban J connectivity index is 2.06. The summed E-state index contributed by atoms with van der Waals surface area (Å²) in [5.41, 5.74) is 1.17. The van der Waals surface area contributed by atoms with E-state index in [9.17, 15) is 10.1 Å². The van der Waals surface area contributed by atoms with Gasteiger partial charge in [-0.2, -0.15) is 0 Å². The molecule has 5 heteroatoms. The van der Waals surface area contributed by atoms with Crippen molar-refractivity contribution in [2.75, 3.05) is 13.1 Å². The number of nitro benzene ring substituents is 1. The third-order valence-corrected chi connectivity index (χ3v) is 4.04. The lowest BCUT2D eigenvalue weighted by Gasteiger charge is -2.21. The standard InChI is InChI=1S/C14H19BrN2O2/c1-2-7-16(9-11-3-4-11)10-12-5-6-13(15)14(8-12)17(18)19/h5-6,8,11H,2-4,7,9-10H2,1H3. The molecule has 4 nitrogen and oxygen atoms in total. The summed E-state index contributed by atoms with van der Waals surface area (Å²) in [5.74, 6) is 0.844. The van der Waals surface area contributed by atoms with E-state index in [4.69, 9.17) is 0 Å². The van der Waals surface area contributed by atoms with Gasteiger partial charge < -0.3 is 0 Å². The van der Waals surface area contributed by atoms with Crippen LogP contribution in [0.5, 0.6) is 0 Å². The number of nitrogens with zero attached hydrogens (tertiary/aromatic N) is 2. The van der Waals surface area contributed by atoms with Crippen LogP contribution in [0.3, 0.4) is 0 Å². The molecule has 0 bridgehead atoms. The quantitative estimate of drug-likeness (QED) is 0.562. The molecule has 1 fully saturated rings. The van der Waals surface area contributed by atoms with Crippen molar-refractivity contribution in [3.8, 4) is 0 Å². The molecule has 2 rings (SSSR count). The van der Waals surface area contributed by atoms with Crippen molar-refractivity contribution >= 4 is 21.6 Å². The molecule has 0 radical (unpaired) electrons. The molecule has 1 aliphatic rings. The summed E-state index contributed by atoms with van der Waals surface area (Å²) in [4.78, 5) is 13.0. The van der Waals surface area contributed by atoms with Gasteiger partial charge in [-0.15, -0.1) is 0 Å². The van der Waals surface area contributed by atoms with Crippen LogP contribution in [-0.2, 0) is 6.54 Å². The maximum absolute atomic E-state index is 10.9. The predicted molar refractivity (Wildman–Crippen MR) is 79.1 cm³/mol. The van der Waals surface area contributed by atoms with Gasteiger partial charge in [0.25, 0.3) is 5.69 Å². The summed E-state index contributed by atoms with van der Waals surface area (Å²) in [6, 6.07) is 5.42. The molecule has 1 saturated carbocycles. The average molecular weight is 327 g/mol. The molecule has 0 aromatic heterocycles. The van der Waals surface area contributed by atoms with Crippen molar-refractivity contribution in [2.45, 2.75) is 32.7 Å². The topological polar surface area (TPSA) is 46.4 Å². The van der Waals surface area contributed by atoms with Gasteiger partial charge in [0.05, 0.1) is 9.40 Å². The van der Waals surface area contributed by atoms with Crippen LogP contribution in [0.4, 0.5) is 5.69 Å². The molecule has 104 valence electrons. The number of hydrogen-bond donors (Lipinski definition) is 0. The maximum atomic E-state index is 10.9. The first kappa shape index (κ1) is 14.5. The Hall–Kier alpha value is -0.940. The van der Waals surface area contributed by atoms with Crippen LogP contribution in [-0.4, -0.2) is 22.9 Å². The Morgan fingerprint density at radius 2 is 2.21 bits per heavy atom. The van der Waals surface area contributed by atoms with Gasteiger partial charge >= 0.3 is 0 Å². The van der Waals surface area contributed by atoms with E-state index in [1.165, 1.54) is 12.8 Å². The smallest absolute Gasteiger partial charge is 0.283 e. The molecule has 0 atom stereocenters. The summed E-state index contributed by atoms with van der Waals surface area (Å²) in [5, 5.41) is 10.9. The van der Waals surface area contributed by atoms with Gasteiger partial charge in [-0.3, -0.25) is 15.0 Å². The second-order valence-electron chi connectivity index (χ2n) is 5.22. The first-order valence-corrected chi connectivity index (χ1v) is 7.54. The van der Waals surface area contributed by atoms with Gasteiger partial charge in [-0.05, 0) is 59.3 Å². The SMILES string of the molecule is CCCN(Cc1ccc(Br)c([N+](=O)[O-])c1)CC1CC1. The van der Waals surface area contributed by atoms with Crippen molar-refractivity contribution < 1.29 is 4.92 Å². The lowest BCUT2D eigenvalue weighted by molar-refractivity contribution is -0.385. The molecule has 1 aromatic rings. The third kappa shape index (κ3) is 4.28. The predicted octanol–water partition coefficient (Wildman–Crippen LogP) is 3.98. The zero-order valence-electron chi connectivity index (χ0n) is 11.1. The number of benzene rings is 1. The summed E-state index contributed by atoms with van der Waals surface area (Å²) in [7, 11) is 0. The maximum Gasteiger partial charge on any atom is 0.283 e. The number of nitro groups is 1. The fourth-order valence-corrected chi connectivity index (χ4v) is 2.66. The number of halogens is 1. The zero-order valence-corrected chi connectivity index (χ0v) is 12.7. The molecular formula is C14H19BrN2O2. The van der Waals surface area contributed by atoms with E-state index < -0.39 is 0 Å². The molecule has 19 heavy (non-hydrogen) atoms. The van der Waals surface area contributed by atoms with Crippen LogP contribution in [0.1, 0.15) is 31.7 Å². The van der Waals surface area contributed by atoms with E-state index in [1.54, 1.807) is 12.1 Å². The molecular weight excluding hydrogens is 308 g/mol. The van der Waals surface area contributed by atoms with Gasteiger partial charge in [0, 0.05) is 19.2 Å². The second kappa shape index (κ2) is 6.48. The highest BCUT2D eigenvalue weighted by molar-refractivity contribution is 9.10. The Morgan fingerprint density at radius 1 is 1.47 bits per heavy atom. The van der Waals surface area contributed by atoms with E-state index in [0.717, 1.165) is 37.5 Å². The Morgan fingerprint density at radius 3 is 2.79 bits per heavy atom. The minimum Gasteiger partial charge on any atom is -0.299 e. The monoisotopic (exact) mass is 326 g/mol. The van der Waals surface area contributed by atoms with Crippen molar-refractivity contribution in [3.05, 3.63) is 38.3 Å². The summed E-state index contributed by atoms with van der Waals surface area (Å²) < 4.78 is 0.547. The minimum absolute atomic E-state index is 0.153. The Bertz CT molecular complexity index is 461. The molecule has 0 heterocycles. The van der Waals surface area contributed by atoms with E-state index in [-0.39, 0.29) is 10.6 Å². The summed E-state index contributed by atoms with van der Waals surface area (Å²) in [6.45, 7) is 5.15. The van der Waals surface area contributed by atoms with Crippen molar-refractivity contribution in [1.82, 2.24) is 4.90 Å². The van der Waals surface area contributed by atoms with Gasteiger partial charge in [-0.25, -0.2) is 0 Å². The van der Waals surface area contributed by atoms with Crippen LogP contribution in [0.2, 0.25) is 0 Å². The van der Waals surface area contributed by atoms with Crippen molar-refractivity contribution in [3.63, 3.8) is 0 Å². The molecule has 0 saturated heterocycles. The van der Waals surface area contributed by atoms with Gasteiger partial charge in [-0.1, -0.05) is 13.0 Å². The van der Waals surface area contributed by atoms with Gasteiger partial charge in [0.2, 0.25) is 0 Å². The van der Waals surface area contributed by atoms with Crippen molar-refractivity contribution in [1.29, 1.82) is 0 Å². The summed E-state index contributed by atoms with van der Waals surface area (Å²) >= 11 is 3.22. The first-order chi connectivity index (χ1) is 9.10. The van der Waals surface area contributed by atoms with E-state index in [1.807, 2.05) is 6.07 Å². The lowest BCUT2D eigenvalue weighted by atomic mass is 10.1. The number of hydrogen-bond acceptors (Lipinski definition) is 3. The lowest BCUT2D eigenvalue weighted by Crippen LogP contribution is -2.26. The van der Waals surface area contributed by atoms with Gasteiger partial charge in [0.1, 0.15) is 0 Å². The van der Waals surface area contributed by atoms with Crippen LogP contribution in [0, 0.1) is 16.0 Å². The average Bonchev–Trinajstić information content (AvgIpc) is 3.15. The normalized spacial score (nSPS) is 14.9.